The van der Waals surface area contributed by atoms with E-state index in [2.05, 4.69) is 15.5 Å². The zero-order chi connectivity index (χ0) is 14.3. The molecule has 1 saturated carbocycles. The highest BCUT2D eigenvalue weighted by Gasteiger charge is 2.49. The number of likely N-dealkylation sites (tertiary alicyclic amines) is 1. The number of rotatable bonds is 2. The summed E-state index contributed by atoms with van der Waals surface area (Å²) in [4.78, 5) is 14.9. The normalized spacial score (nSPS) is 36.1. The van der Waals surface area contributed by atoms with Crippen molar-refractivity contribution in [2.75, 3.05) is 39.3 Å². The maximum absolute atomic E-state index is 12.7. The van der Waals surface area contributed by atoms with E-state index < -0.39 is 0 Å². The number of carbonyl (C=O) groups is 1. The van der Waals surface area contributed by atoms with Crippen LogP contribution < -0.4 is 10.6 Å². The second kappa shape index (κ2) is 5.54. The molecule has 118 valence electrons. The van der Waals surface area contributed by atoms with Gasteiger partial charge in [0.25, 0.3) is 0 Å². The van der Waals surface area contributed by atoms with Gasteiger partial charge < -0.3 is 15.5 Å². The lowest BCUT2D eigenvalue weighted by Crippen LogP contribution is -2.45. The number of piperidine rings is 2. The van der Waals surface area contributed by atoms with E-state index in [1.54, 1.807) is 0 Å². The van der Waals surface area contributed by atoms with E-state index in [9.17, 15) is 4.79 Å². The molecule has 4 nitrogen and oxygen atoms in total. The molecule has 2 N–H and O–H groups in total. The summed E-state index contributed by atoms with van der Waals surface area (Å²) in [6.07, 6.45) is 7.49. The summed E-state index contributed by atoms with van der Waals surface area (Å²) < 4.78 is 0. The highest BCUT2D eigenvalue weighted by Crippen LogP contribution is 2.49. The van der Waals surface area contributed by atoms with E-state index in [1.807, 2.05) is 0 Å². The first-order valence-electron chi connectivity index (χ1n) is 8.98. The molecule has 0 bridgehead atoms. The molecule has 4 heteroatoms. The highest BCUT2D eigenvalue weighted by molar-refractivity contribution is 5.81. The second-order valence-electron chi connectivity index (χ2n) is 7.85. The van der Waals surface area contributed by atoms with Gasteiger partial charge in [-0.25, -0.2) is 0 Å². The Morgan fingerprint density at radius 2 is 1.76 bits per heavy atom. The number of hydrogen-bond donors (Lipinski definition) is 2. The third kappa shape index (κ3) is 2.72. The van der Waals surface area contributed by atoms with Gasteiger partial charge in [0.2, 0.25) is 5.91 Å². The van der Waals surface area contributed by atoms with Gasteiger partial charge >= 0.3 is 0 Å². The van der Waals surface area contributed by atoms with Crippen LogP contribution in [0, 0.1) is 23.2 Å². The predicted octanol–water partition coefficient (Wildman–Crippen LogP) is 1.22. The number of hydrogen-bond acceptors (Lipinski definition) is 3. The summed E-state index contributed by atoms with van der Waals surface area (Å²) in [6.45, 7) is 6.68. The molecule has 1 aliphatic carbocycles. The summed E-state index contributed by atoms with van der Waals surface area (Å²) in [5.41, 5.74) is 0.523. The Morgan fingerprint density at radius 1 is 1.00 bits per heavy atom. The van der Waals surface area contributed by atoms with Crippen molar-refractivity contribution in [1.82, 2.24) is 15.5 Å². The van der Waals surface area contributed by atoms with Crippen LogP contribution in [-0.4, -0.2) is 50.1 Å². The molecule has 0 unspecified atom stereocenters. The minimum Gasteiger partial charge on any atom is -0.342 e. The van der Waals surface area contributed by atoms with Crippen LogP contribution in [0.2, 0.25) is 0 Å². The van der Waals surface area contributed by atoms with Gasteiger partial charge in [0.05, 0.1) is 0 Å². The Bertz CT molecular complexity index is 389. The van der Waals surface area contributed by atoms with Crippen LogP contribution in [0.3, 0.4) is 0 Å². The summed E-state index contributed by atoms with van der Waals surface area (Å²) >= 11 is 0. The first-order valence-corrected chi connectivity index (χ1v) is 8.98. The lowest BCUT2D eigenvalue weighted by Gasteiger charge is -2.39. The third-order valence-corrected chi connectivity index (χ3v) is 6.61. The van der Waals surface area contributed by atoms with Gasteiger partial charge in [0.15, 0.2) is 0 Å². The molecule has 21 heavy (non-hydrogen) atoms. The monoisotopic (exact) mass is 291 g/mol. The van der Waals surface area contributed by atoms with Crippen molar-refractivity contribution in [2.45, 2.75) is 38.5 Å². The smallest absolute Gasteiger partial charge is 0.225 e. The standard InChI is InChI=1S/C17H29N3O/c21-16(15-11-14(15)13-1-6-18-7-2-13)20-9-4-17(5-10-20)3-8-19-12-17/h13-15,18-19H,1-12H2/t14-,15+/m0/s1. The molecular weight excluding hydrogens is 262 g/mol. The van der Waals surface area contributed by atoms with Crippen LogP contribution in [-0.2, 0) is 4.79 Å². The molecule has 3 saturated heterocycles. The molecule has 4 rings (SSSR count). The number of nitrogens with one attached hydrogen (secondary N) is 2. The highest BCUT2D eigenvalue weighted by atomic mass is 16.2. The Labute approximate surface area is 128 Å². The Balaban J connectivity index is 1.29. The maximum Gasteiger partial charge on any atom is 0.225 e. The fraction of sp³-hybridized carbons (Fsp3) is 0.941. The summed E-state index contributed by atoms with van der Waals surface area (Å²) in [7, 11) is 0. The van der Waals surface area contributed by atoms with Gasteiger partial charge in [-0.1, -0.05) is 0 Å². The topological polar surface area (TPSA) is 44.4 Å². The molecule has 3 aliphatic heterocycles. The predicted molar refractivity (Wildman–Crippen MR) is 82.9 cm³/mol. The lowest BCUT2D eigenvalue weighted by atomic mass is 9.77. The van der Waals surface area contributed by atoms with Gasteiger partial charge in [0, 0.05) is 25.6 Å². The quantitative estimate of drug-likeness (QED) is 0.804. The van der Waals surface area contributed by atoms with Gasteiger partial charge in [-0.15, -0.1) is 0 Å². The van der Waals surface area contributed by atoms with Gasteiger partial charge in [-0.3, -0.25) is 4.79 Å². The number of carbonyl (C=O) groups excluding carboxylic acids is 1. The van der Waals surface area contributed by atoms with Crippen LogP contribution in [0.15, 0.2) is 0 Å². The summed E-state index contributed by atoms with van der Waals surface area (Å²) in [5.74, 6) is 2.39. The van der Waals surface area contributed by atoms with Crippen molar-refractivity contribution in [3.63, 3.8) is 0 Å². The van der Waals surface area contributed by atoms with E-state index in [0.29, 0.717) is 23.2 Å². The first-order chi connectivity index (χ1) is 10.3. The molecule has 4 fully saturated rings. The van der Waals surface area contributed by atoms with Gasteiger partial charge in [-0.2, -0.15) is 0 Å². The molecule has 0 aromatic carbocycles. The van der Waals surface area contributed by atoms with Crippen molar-refractivity contribution in [3.05, 3.63) is 0 Å². The van der Waals surface area contributed by atoms with Gasteiger partial charge in [0.1, 0.15) is 0 Å². The fourth-order valence-corrected chi connectivity index (χ4v) is 4.95. The minimum absolute atomic E-state index is 0.379. The van der Waals surface area contributed by atoms with E-state index in [0.717, 1.165) is 32.1 Å². The minimum atomic E-state index is 0.379. The lowest BCUT2D eigenvalue weighted by molar-refractivity contribution is -0.135. The summed E-state index contributed by atoms with van der Waals surface area (Å²) in [5, 5.41) is 6.93. The van der Waals surface area contributed by atoms with Crippen molar-refractivity contribution >= 4 is 5.91 Å². The zero-order valence-corrected chi connectivity index (χ0v) is 13.1. The van der Waals surface area contributed by atoms with Crippen molar-refractivity contribution in [3.8, 4) is 0 Å². The molecule has 4 aliphatic rings. The fourth-order valence-electron chi connectivity index (χ4n) is 4.95. The number of nitrogens with zero attached hydrogens (tertiary/aromatic N) is 1. The molecule has 0 aromatic rings. The largest absolute Gasteiger partial charge is 0.342 e. The average Bonchev–Trinajstić information content (AvgIpc) is 3.23. The van der Waals surface area contributed by atoms with E-state index in [-0.39, 0.29) is 0 Å². The molecule has 1 amide bonds. The summed E-state index contributed by atoms with van der Waals surface area (Å²) in [6, 6.07) is 0. The van der Waals surface area contributed by atoms with Crippen LogP contribution in [0.4, 0.5) is 0 Å². The SMILES string of the molecule is O=C([C@@H]1C[C@H]1C1CCNCC1)N1CCC2(CCNC2)CC1. The van der Waals surface area contributed by atoms with E-state index in [4.69, 9.17) is 0 Å². The third-order valence-electron chi connectivity index (χ3n) is 6.61. The van der Waals surface area contributed by atoms with Gasteiger partial charge in [-0.05, 0) is 75.4 Å². The Hall–Kier alpha value is -0.610. The molecule has 0 aromatic heterocycles. The number of amides is 1. The van der Waals surface area contributed by atoms with Crippen LogP contribution in [0.5, 0.6) is 0 Å². The molecule has 2 atom stereocenters. The van der Waals surface area contributed by atoms with Crippen molar-refractivity contribution < 1.29 is 4.79 Å². The van der Waals surface area contributed by atoms with E-state index in [1.165, 1.54) is 51.6 Å². The van der Waals surface area contributed by atoms with Crippen molar-refractivity contribution in [2.24, 2.45) is 23.2 Å². The molecule has 3 heterocycles. The Kier molecular flexibility index (Phi) is 3.70. The molecule has 0 radical (unpaired) electrons. The van der Waals surface area contributed by atoms with Crippen LogP contribution in [0.1, 0.15) is 38.5 Å². The maximum atomic E-state index is 12.7. The van der Waals surface area contributed by atoms with E-state index >= 15 is 0 Å². The molecule has 1 spiro atoms. The zero-order valence-electron chi connectivity index (χ0n) is 13.1. The average molecular weight is 291 g/mol. The van der Waals surface area contributed by atoms with Crippen LogP contribution >= 0.6 is 0 Å². The molecular formula is C17H29N3O. The van der Waals surface area contributed by atoms with Crippen molar-refractivity contribution in [1.29, 1.82) is 0 Å². The second-order valence-corrected chi connectivity index (χ2v) is 7.85. The first kappa shape index (κ1) is 14.0. The van der Waals surface area contributed by atoms with Crippen LogP contribution in [0.25, 0.3) is 0 Å². The Morgan fingerprint density at radius 3 is 2.43 bits per heavy atom.